The highest BCUT2D eigenvalue weighted by atomic mass is 35.5. The van der Waals surface area contributed by atoms with Gasteiger partial charge in [0, 0.05) is 12.5 Å². The number of nitrogens with one attached hydrogen (secondary N) is 2. The van der Waals surface area contributed by atoms with Crippen molar-refractivity contribution in [2.75, 3.05) is 23.8 Å². The maximum Gasteiger partial charge on any atom is 0.234 e. The highest BCUT2D eigenvalue weighted by Crippen LogP contribution is 2.25. The molecule has 6 nitrogen and oxygen atoms in total. The zero-order valence-corrected chi connectivity index (χ0v) is 12.3. The van der Waals surface area contributed by atoms with Crippen LogP contribution in [0.3, 0.4) is 0 Å². The van der Waals surface area contributed by atoms with Crippen molar-refractivity contribution >= 4 is 40.9 Å². The van der Waals surface area contributed by atoms with Crippen molar-refractivity contribution in [3.05, 3.63) is 21.9 Å². The molecule has 2 bridgehead atoms. The Bertz CT molecular complexity index is 602. The molecule has 0 spiro atoms. The topological polar surface area (TPSA) is 71.4 Å². The van der Waals surface area contributed by atoms with Gasteiger partial charge in [0.25, 0.3) is 0 Å². The van der Waals surface area contributed by atoms with Crippen LogP contribution in [-0.2, 0) is 4.74 Å². The summed E-state index contributed by atoms with van der Waals surface area (Å²) < 4.78 is 5.66. The van der Waals surface area contributed by atoms with Gasteiger partial charge in [0.05, 0.1) is 24.4 Å². The van der Waals surface area contributed by atoms with Gasteiger partial charge < -0.3 is 15.4 Å². The number of rotatable bonds is 0. The third-order valence-electron chi connectivity index (χ3n) is 3.00. The first-order valence-corrected chi connectivity index (χ1v) is 7.01. The van der Waals surface area contributed by atoms with E-state index in [9.17, 15) is 0 Å². The summed E-state index contributed by atoms with van der Waals surface area (Å²) in [5.41, 5.74) is 0.620. The number of anilines is 2. The Morgan fingerprint density at radius 3 is 3.10 bits per heavy atom. The van der Waals surface area contributed by atoms with Gasteiger partial charge in [0.2, 0.25) is 11.8 Å². The van der Waals surface area contributed by atoms with E-state index in [2.05, 4.69) is 25.6 Å². The van der Waals surface area contributed by atoms with Crippen LogP contribution in [-0.4, -0.2) is 35.1 Å². The molecule has 0 radical (unpaired) electrons. The van der Waals surface area contributed by atoms with E-state index in [0.29, 0.717) is 46.6 Å². The van der Waals surface area contributed by atoms with Crippen LogP contribution in [0.5, 0.6) is 0 Å². The number of nitrogens with zero attached hydrogens (tertiary/aromatic N) is 3. The SMILES string of the molecule is CC1CCOC2=NCC(Cl)=C2Nc2ncc(Cl)c(n2)N1. The van der Waals surface area contributed by atoms with Crippen LogP contribution in [0.1, 0.15) is 13.3 Å². The van der Waals surface area contributed by atoms with Crippen molar-refractivity contribution in [3.63, 3.8) is 0 Å². The van der Waals surface area contributed by atoms with Crippen LogP contribution in [0.25, 0.3) is 0 Å². The molecule has 20 heavy (non-hydrogen) atoms. The minimum Gasteiger partial charge on any atom is -0.476 e. The van der Waals surface area contributed by atoms with Crippen molar-refractivity contribution in [2.45, 2.75) is 19.4 Å². The largest absolute Gasteiger partial charge is 0.476 e. The molecular weight excluding hydrogens is 301 g/mol. The number of fused-ring (bicyclic) bond motifs is 3. The lowest BCUT2D eigenvalue weighted by molar-refractivity contribution is 0.292. The Morgan fingerprint density at radius 1 is 1.40 bits per heavy atom. The maximum atomic E-state index is 6.14. The summed E-state index contributed by atoms with van der Waals surface area (Å²) in [6.07, 6.45) is 2.34. The van der Waals surface area contributed by atoms with Crippen LogP contribution in [0.15, 0.2) is 21.9 Å². The average molecular weight is 314 g/mol. The van der Waals surface area contributed by atoms with Crippen molar-refractivity contribution in [2.24, 2.45) is 4.99 Å². The molecule has 8 heteroatoms. The molecule has 2 N–H and O–H groups in total. The van der Waals surface area contributed by atoms with Crippen molar-refractivity contribution in [1.29, 1.82) is 0 Å². The third-order valence-corrected chi connectivity index (χ3v) is 3.59. The van der Waals surface area contributed by atoms with E-state index >= 15 is 0 Å². The van der Waals surface area contributed by atoms with Crippen LogP contribution < -0.4 is 10.6 Å². The Morgan fingerprint density at radius 2 is 2.25 bits per heavy atom. The van der Waals surface area contributed by atoms with Crippen LogP contribution in [0, 0.1) is 0 Å². The third kappa shape index (κ3) is 2.66. The fraction of sp³-hybridized carbons (Fsp3) is 0.417. The van der Waals surface area contributed by atoms with E-state index < -0.39 is 0 Å². The zero-order valence-electron chi connectivity index (χ0n) is 10.8. The molecular formula is C12H13Cl2N5O. The Balaban J connectivity index is 1.98. The second-order valence-electron chi connectivity index (χ2n) is 4.60. The second-order valence-corrected chi connectivity index (χ2v) is 5.46. The Labute approximate surface area is 126 Å². The Hall–Kier alpha value is -1.53. The summed E-state index contributed by atoms with van der Waals surface area (Å²) in [5, 5.41) is 7.33. The predicted octanol–water partition coefficient (Wildman–Crippen LogP) is 2.63. The van der Waals surface area contributed by atoms with Crippen LogP contribution >= 0.6 is 23.2 Å². The number of halogens is 2. The van der Waals surface area contributed by atoms with Gasteiger partial charge in [-0.25, -0.2) is 9.98 Å². The van der Waals surface area contributed by atoms with Gasteiger partial charge >= 0.3 is 0 Å². The summed E-state index contributed by atoms with van der Waals surface area (Å²) in [6, 6.07) is 0.165. The number of hydrogen-bond acceptors (Lipinski definition) is 6. The highest BCUT2D eigenvalue weighted by Gasteiger charge is 2.22. The normalized spacial score (nSPS) is 21.9. The van der Waals surface area contributed by atoms with E-state index in [4.69, 9.17) is 27.9 Å². The molecule has 0 amide bonds. The van der Waals surface area contributed by atoms with Gasteiger partial charge in [-0.3, -0.25) is 0 Å². The molecule has 1 atom stereocenters. The molecule has 3 rings (SSSR count). The maximum absolute atomic E-state index is 6.14. The molecule has 2 aliphatic heterocycles. The molecule has 2 aliphatic rings. The standard InChI is InChI=1S/C12H13Cl2N5O/c1-6-2-3-20-11-9(7(13)4-15-11)18-12-16-5-8(14)10(17-6)19-12/h5-6H,2-4H2,1H3,(H2,16,17,18,19). The lowest BCUT2D eigenvalue weighted by atomic mass is 10.2. The molecule has 0 fully saturated rings. The summed E-state index contributed by atoms with van der Waals surface area (Å²) in [6.45, 7) is 2.98. The Kier molecular flexibility index (Phi) is 3.67. The fourth-order valence-electron chi connectivity index (χ4n) is 1.93. The quantitative estimate of drug-likeness (QED) is 0.770. The van der Waals surface area contributed by atoms with Gasteiger partial charge in [0.1, 0.15) is 10.7 Å². The van der Waals surface area contributed by atoms with E-state index in [-0.39, 0.29) is 6.04 Å². The van der Waals surface area contributed by atoms with Crippen molar-refractivity contribution in [3.8, 4) is 0 Å². The van der Waals surface area contributed by atoms with Crippen molar-refractivity contribution in [1.82, 2.24) is 9.97 Å². The number of aliphatic imine (C=N–C) groups is 1. The lowest BCUT2D eigenvalue weighted by Gasteiger charge is -2.14. The van der Waals surface area contributed by atoms with Gasteiger partial charge in [0.15, 0.2) is 5.82 Å². The van der Waals surface area contributed by atoms with Gasteiger partial charge in [-0.05, 0) is 6.92 Å². The van der Waals surface area contributed by atoms with E-state index in [1.54, 1.807) is 6.20 Å². The molecule has 0 aliphatic carbocycles. The summed E-state index contributed by atoms with van der Waals surface area (Å²) in [4.78, 5) is 12.7. The van der Waals surface area contributed by atoms with Crippen LogP contribution in [0.2, 0.25) is 5.02 Å². The lowest BCUT2D eigenvalue weighted by Crippen LogP contribution is -2.19. The summed E-state index contributed by atoms with van der Waals surface area (Å²) in [5.74, 6) is 1.49. The first-order chi connectivity index (χ1) is 9.63. The number of aromatic nitrogens is 2. The molecule has 0 saturated heterocycles. The predicted molar refractivity (Wildman–Crippen MR) is 79.5 cm³/mol. The molecule has 106 valence electrons. The molecule has 1 unspecified atom stereocenters. The fourth-order valence-corrected chi connectivity index (χ4v) is 2.27. The molecule has 1 aromatic rings. The number of ether oxygens (including phenoxy) is 1. The average Bonchev–Trinajstić information content (AvgIpc) is 2.74. The van der Waals surface area contributed by atoms with Gasteiger partial charge in [-0.15, -0.1) is 0 Å². The van der Waals surface area contributed by atoms with E-state index in [1.807, 2.05) is 6.92 Å². The van der Waals surface area contributed by atoms with E-state index in [1.165, 1.54) is 0 Å². The first-order valence-electron chi connectivity index (χ1n) is 6.26. The monoisotopic (exact) mass is 313 g/mol. The molecule has 0 aromatic carbocycles. The van der Waals surface area contributed by atoms with Crippen molar-refractivity contribution < 1.29 is 4.74 Å². The summed E-state index contributed by atoms with van der Waals surface area (Å²) >= 11 is 12.2. The zero-order chi connectivity index (χ0) is 14.1. The number of hydrogen-bond donors (Lipinski definition) is 2. The molecule has 3 heterocycles. The van der Waals surface area contributed by atoms with Crippen LogP contribution in [0.4, 0.5) is 11.8 Å². The molecule has 0 saturated carbocycles. The molecule has 1 aromatic heterocycles. The van der Waals surface area contributed by atoms with Gasteiger partial charge in [-0.2, -0.15) is 4.98 Å². The van der Waals surface area contributed by atoms with Gasteiger partial charge in [-0.1, -0.05) is 23.2 Å². The smallest absolute Gasteiger partial charge is 0.234 e. The summed E-state index contributed by atoms with van der Waals surface area (Å²) in [7, 11) is 0. The van der Waals surface area contributed by atoms with E-state index in [0.717, 1.165) is 6.42 Å². The minimum atomic E-state index is 0.165. The first kappa shape index (κ1) is 13.5. The minimum absolute atomic E-state index is 0.165. The second kappa shape index (κ2) is 5.46. The highest BCUT2D eigenvalue weighted by molar-refractivity contribution is 6.33.